The van der Waals surface area contributed by atoms with E-state index in [4.69, 9.17) is 34.6 Å². The predicted octanol–water partition coefficient (Wildman–Crippen LogP) is 2.88. The van der Waals surface area contributed by atoms with Crippen LogP contribution < -0.4 is 19.5 Å². The smallest absolute Gasteiger partial charge is 0.336 e. The molecule has 13 heteroatoms. The number of rotatable bonds is 11. The first kappa shape index (κ1) is 33.6. The minimum absolute atomic E-state index is 0.0708. The molecule has 1 aromatic carbocycles. The number of hydrogen-bond donors (Lipinski definition) is 5. The highest BCUT2D eigenvalue weighted by Gasteiger charge is 2.41. The summed E-state index contributed by atoms with van der Waals surface area (Å²) in [5.74, 6) is -2.84. The van der Waals surface area contributed by atoms with Gasteiger partial charge in [-0.05, 0) is 70.4 Å². The molecular weight excluding hydrogens is 562 g/mol. The van der Waals surface area contributed by atoms with Gasteiger partial charge in [0.05, 0.1) is 25.6 Å². The zero-order valence-corrected chi connectivity index (χ0v) is 25.1. The van der Waals surface area contributed by atoms with E-state index in [1.165, 1.54) is 0 Å². The highest BCUT2D eigenvalue weighted by Crippen LogP contribution is 2.42. The van der Waals surface area contributed by atoms with Gasteiger partial charge in [-0.1, -0.05) is 6.07 Å². The quantitative estimate of drug-likeness (QED) is 0.252. The average molecular weight is 604 g/mol. The third-order valence-electron chi connectivity index (χ3n) is 7.17. The number of fused-ring (bicyclic) bond motifs is 1. The second-order valence-electron chi connectivity index (χ2n) is 12.2. The number of methoxy groups -OCH3 is 1. The maximum atomic E-state index is 10.3. The van der Waals surface area contributed by atoms with Crippen LogP contribution in [0, 0.1) is 0 Å². The number of nitrogens with zero attached hydrogens (tertiary/aromatic N) is 2. The summed E-state index contributed by atoms with van der Waals surface area (Å²) in [6.07, 6.45) is 1.73. The zero-order valence-electron chi connectivity index (χ0n) is 25.1. The van der Waals surface area contributed by atoms with Crippen LogP contribution in [0.15, 0.2) is 36.5 Å². The van der Waals surface area contributed by atoms with Crippen molar-refractivity contribution in [3.05, 3.63) is 47.8 Å². The van der Waals surface area contributed by atoms with Crippen LogP contribution in [-0.4, -0.2) is 84.8 Å². The van der Waals surface area contributed by atoms with Crippen LogP contribution in [0.2, 0.25) is 0 Å². The lowest BCUT2D eigenvalue weighted by molar-refractivity contribution is -0.170. The minimum atomic E-state index is -2.74. The maximum Gasteiger partial charge on any atom is 0.336 e. The van der Waals surface area contributed by atoms with Gasteiger partial charge in [0, 0.05) is 36.4 Å². The molecule has 2 aliphatic rings. The molecule has 1 saturated heterocycles. The summed E-state index contributed by atoms with van der Waals surface area (Å²) >= 11 is 0. The lowest BCUT2D eigenvalue weighted by atomic mass is 9.79. The molecule has 1 fully saturated rings. The summed E-state index contributed by atoms with van der Waals surface area (Å²) in [5, 5.41) is 37.6. The first-order valence-corrected chi connectivity index (χ1v) is 13.8. The van der Waals surface area contributed by atoms with Gasteiger partial charge in [0.25, 0.3) is 0 Å². The first-order valence-electron chi connectivity index (χ1n) is 13.8. The average Bonchev–Trinajstić information content (AvgIpc) is 3.35. The molecule has 2 aromatic rings. The number of ether oxygens (including phenoxy) is 3. The van der Waals surface area contributed by atoms with E-state index < -0.39 is 36.4 Å². The number of carbonyl (C=O) groups is 3. The molecule has 0 atom stereocenters. The molecule has 3 heterocycles. The topological polar surface area (TPSA) is 188 Å². The molecule has 2 aliphatic heterocycles. The molecule has 0 radical (unpaired) electrons. The van der Waals surface area contributed by atoms with E-state index in [1.54, 1.807) is 7.11 Å². The van der Waals surface area contributed by atoms with E-state index in [0.29, 0.717) is 11.8 Å². The fourth-order valence-electron chi connectivity index (χ4n) is 5.76. The van der Waals surface area contributed by atoms with Crippen molar-refractivity contribution in [1.29, 1.82) is 0 Å². The molecule has 0 aliphatic carbocycles. The van der Waals surface area contributed by atoms with Crippen LogP contribution in [0.1, 0.15) is 64.6 Å². The third-order valence-corrected chi connectivity index (χ3v) is 7.17. The normalized spacial score (nSPS) is 17.1. The molecule has 13 nitrogen and oxygen atoms in total. The molecule has 0 unspecified atom stereocenters. The predicted molar refractivity (Wildman–Crippen MR) is 154 cm³/mol. The summed E-state index contributed by atoms with van der Waals surface area (Å²) in [4.78, 5) is 37.6. The van der Waals surface area contributed by atoms with Crippen molar-refractivity contribution in [3.63, 3.8) is 0 Å². The van der Waals surface area contributed by atoms with Crippen molar-refractivity contribution >= 4 is 17.9 Å². The number of carboxylic acids is 3. The Labute approximate surface area is 250 Å². The summed E-state index contributed by atoms with van der Waals surface area (Å²) in [5.41, 5.74) is -0.360. The second kappa shape index (κ2) is 13.6. The highest BCUT2D eigenvalue weighted by atomic mass is 16.7. The Kier molecular flexibility index (Phi) is 10.6. The Morgan fingerprint density at radius 3 is 2.16 bits per heavy atom. The van der Waals surface area contributed by atoms with Crippen LogP contribution in [-0.2, 0) is 27.5 Å². The Balaban J connectivity index is 0.000000331. The van der Waals surface area contributed by atoms with Crippen molar-refractivity contribution in [2.45, 2.75) is 89.2 Å². The summed E-state index contributed by atoms with van der Waals surface area (Å²) in [7, 11) is 1.67. The maximum absolute atomic E-state index is 10.3. The van der Waals surface area contributed by atoms with Gasteiger partial charge in [-0.2, -0.15) is 0 Å². The van der Waals surface area contributed by atoms with Crippen molar-refractivity contribution in [2.24, 2.45) is 0 Å². The van der Waals surface area contributed by atoms with Gasteiger partial charge < -0.3 is 40.0 Å². The van der Waals surface area contributed by atoms with Crippen molar-refractivity contribution in [2.75, 3.05) is 13.9 Å². The van der Waals surface area contributed by atoms with Gasteiger partial charge in [-0.15, -0.1) is 0 Å². The zero-order chi connectivity index (χ0) is 32.0. The number of aromatic nitrogens is 1. The minimum Gasteiger partial charge on any atom is -0.493 e. The Morgan fingerprint density at radius 2 is 1.65 bits per heavy atom. The van der Waals surface area contributed by atoms with E-state index in [1.807, 2.05) is 12.3 Å². The molecule has 0 bridgehead atoms. The van der Waals surface area contributed by atoms with E-state index in [-0.39, 0.29) is 17.9 Å². The van der Waals surface area contributed by atoms with E-state index in [9.17, 15) is 14.4 Å². The lowest BCUT2D eigenvalue weighted by Gasteiger charge is -2.49. The van der Waals surface area contributed by atoms with Crippen molar-refractivity contribution < 1.29 is 49.0 Å². The molecule has 1 aromatic heterocycles. The highest BCUT2D eigenvalue weighted by molar-refractivity contribution is 5.88. The summed E-state index contributed by atoms with van der Waals surface area (Å²) in [6.45, 7) is 11.0. The number of piperidine rings is 1. The number of carboxylic acid groups (broad SMARTS) is 3. The standard InChI is InChI=1S/C24H33N3O3.C6H8O7/c1-23(2)12-19(13-24(3,4)26-23)27(15-18-8-6-7-9-25-18)14-17-10-20(28-5)22-21(11-17)29-16-30-22;7-3(8)1-6(13,5(11)12)2-4(9)10/h6-11,19,26H,12-16H2,1-5H3;13H,1-2H2,(H,7,8)(H,9,10)(H,11,12). The molecule has 43 heavy (non-hydrogen) atoms. The Morgan fingerprint density at radius 1 is 1.02 bits per heavy atom. The fraction of sp³-hybridized carbons (Fsp3) is 0.533. The van der Waals surface area contributed by atoms with Crippen molar-refractivity contribution in [3.8, 4) is 17.2 Å². The number of pyridine rings is 1. The van der Waals surface area contributed by atoms with E-state index >= 15 is 0 Å². The number of aliphatic carboxylic acids is 3. The lowest BCUT2D eigenvalue weighted by Crippen LogP contribution is -2.62. The summed E-state index contributed by atoms with van der Waals surface area (Å²) < 4.78 is 16.8. The molecule has 0 amide bonds. The van der Waals surface area contributed by atoms with Crippen LogP contribution in [0.5, 0.6) is 17.2 Å². The van der Waals surface area contributed by atoms with Gasteiger partial charge >= 0.3 is 17.9 Å². The van der Waals surface area contributed by atoms with Gasteiger partial charge in [0.1, 0.15) is 0 Å². The van der Waals surface area contributed by atoms with Gasteiger partial charge in [-0.3, -0.25) is 19.5 Å². The second-order valence-corrected chi connectivity index (χ2v) is 12.2. The largest absolute Gasteiger partial charge is 0.493 e. The molecule has 5 N–H and O–H groups in total. The number of benzene rings is 1. The molecule has 4 rings (SSSR count). The number of nitrogens with one attached hydrogen (secondary N) is 1. The third kappa shape index (κ3) is 9.53. The van der Waals surface area contributed by atoms with Gasteiger partial charge in [0.15, 0.2) is 17.1 Å². The fourth-order valence-corrected chi connectivity index (χ4v) is 5.76. The Bertz CT molecular complexity index is 1270. The summed E-state index contributed by atoms with van der Waals surface area (Å²) in [6, 6.07) is 10.7. The number of aliphatic hydroxyl groups is 1. The van der Waals surface area contributed by atoms with Gasteiger partial charge in [0.2, 0.25) is 12.5 Å². The monoisotopic (exact) mass is 603 g/mol. The van der Waals surface area contributed by atoms with Crippen molar-refractivity contribution in [1.82, 2.24) is 15.2 Å². The van der Waals surface area contributed by atoms with E-state index in [2.05, 4.69) is 67.2 Å². The van der Waals surface area contributed by atoms with E-state index in [0.717, 1.165) is 48.7 Å². The molecule has 0 spiro atoms. The molecule has 0 saturated carbocycles. The van der Waals surface area contributed by atoms with Crippen LogP contribution in [0.3, 0.4) is 0 Å². The van der Waals surface area contributed by atoms with Crippen LogP contribution in [0.4, 0.5) is 0 Å². The molecule has 236 valence electrons. The molecular formula is C30H41N3O10. The first-order chi connectivity index (χ1) is 20.0. The SMILES string of the molecule is COc1cc(CN(Cc2ccccn2)C2CC(C)(C)NC(C)(C)C2)cc2c1OCO2.O=C(O)CC(O)(CC(=O)O)C(=O)O. The van der Waals surface area contributed by atoms with Crippen LogP contribution >= 0.6 is 0 Å². The number of hydrogen-bond acceptors (Lipinski definition) is 10. The van der Waals surface area contributed by atoms with Gasteiger partial charge in [-0.25, -0.2) is 4.79 Å². The Hall–Kier alpha value is -3.94. The van der Waals surface area contributed by atoms with Crippen LogP contribution in [0.25, 0.3) is 0 Å².